The first-order valence-corrected chi connectivity index (χ1v) is 5.43. The van der Waals surface area contributed by atoms with E-state index >= 15 is 0 Å². The third-order valence-electron chi connectivity index (χ3n) is 1.93. The van der Waals surface area contributed by atoms with Crippen molar-refractivity contribution in [3.05, 3.63) is 29.0 Å². The van der Waals surface area contributed by atoms with Crippen LogP contribution in [0.1, 0.15) is 28.6 Å². The lowest BCUT2D eigenvalue weighted by atomic mass is 10.2. The largest absolute Gasteiger partial charge is 0.287 e. The Hall–Kier alpha value is -1.56. The van der Waals surface area contributed by atoms with E-state index in [1.54, 1.807) is 17.1 Å². The molecule has 0 amide bonds. The van der Waals surface area contributed by atoms with Gasteiger partial charge < -0.3 is 0 Å². The van der Waals surface area contributed by atoms with E-state index in [1.165, 1.54) is 6.20 Å². The van der Waals surface area contributed by atoms with E-state index < -0.39 is 0 Å². The van der Waals surface area contributed by atoms with E-state index in [1.807, 2.05) is 0 Å². The highest BCUT2D eigenvalue weighted by Gasteiger charge is 2.13. The van der Waals surface area contributed by atoms with Crippen LogP contribution in [0.15, 0.2) is 18.6 Å². The number of carbonyl (C=O) groups is 1. The quantitative estimate of drug-likeness (QED) is 0.733. The molecule has 0 radical (unpaired) electrons. The summed E-state index contributed by atoms with van der Waals surface area (Å²) in [5.74, 6) is -0.0626. The average molecular weight is 222 g/mol. The number of nitrogens with zero attached hydrogens (tertiary/aromatic N) is 4. The van der Waals surface area contributed by atoms with E-state index in [4.69, 9.17) is 0 Å². The summed E-state index contributed by atoms with van der Waals surface area (Å²) >= 11 is 1.10. The zero-order valence-electron chi connectivity index (χ0n) is 8.25. The minimum atomic E-state index is -0.0626. The van der Waals surface area contributed by atoms with Crippen molar-refractivity contribution in [2.45, 2.75) is 19.9 Å². The standard InChI is InChI=1S/C9H10N4OS/c1-2-3-13-6-7(4-11-13)9(14)8-5-10-12-15-8/h4-6H,2-3H2,1H3. The SMILES string of the molecule is CCCn1cc(C(=O)c2cnns2)cn1. The van der Waals surface area contributed by atoms with Crippen molar-refractivity contribution >= 4 is 17.3 Å². The van der Waals surface area contributed by atoms with Crippen molar-refractivity contribution < 1.29 is 4.79 Å². The number of aromatic nitrogens is 4. The van der Waals surface area contributed by atoms with Crippen molar-refractivity contribution in [3.8, 4) is 0 Å². The first-order valence-electron chi connectivity index (χ1n) is 4.65. The summed E-state index contributed by atoms with van der Waals surface area (Å²) in [5, 5.41) is 7.73. The second-order valence-electron chi connectivity index (χ2n) is 3.10. The van der Waals surface area contributed by atoms with Crippen molar-refractivity contribution in [2.24, 2.45) is 0 Å². The zero-order chi connectivity index (χ0) is 10.7. The van der Waals surface area contributed by atoms with Crippen LogP contribution in [-0.2, 0) is 6.54 Å². The Morgan fingerprint density at radius 2 is 2.40 bits per heavy atom. The predicted molar refractivity (Wildman–Crippen MR) is 55.9 cm³/mol. The van der Waals surface area contributed by atoms with E-state index in [9.17, 15) is 4.79 Å². The molecule has 2 rings (SSSR count). The second kappa shape index (κ2) is 4.31. The summed E-state index contributed by atoms with van der Waals surface area (Å²) in [6.07, 6.45) is 5.81. The van der Waals surface area contributed by atoms with E-state index in [-0.39, 0.29) is 5.78 Å². The maximum atomic E-state index is 11.8. The molecule has 0 saturated carbocycles. The lowest BCUT2D eigenvalue weighted by Crippen LogP contribution is -1.98. The molecule has 0 N–H and O–H groups in total. The van der Waals surface area contributed by atoms with Crippen LogP contribution in [0, 0.1) is 0 Å². The molecule has 15 heavy (non-hydrogen) atoms. The molecule has 2 aromatic rings. The van der Waals surface area contributed by atoms with Crippen LogP contribution in [0.25, 0.3) is 0 Å². The lowest BCUT2D eigenvalue weighted by molar-refractivity contribution is 0.104. The van der Waals surface area contributed by atoms with E-state index in [2.05, 4.69) is 21.6 Å². The Labute approximate surface area is 90.9 Å². The lowest BCUT2D eigenvalue weighted by Gasteiger charge is -1.94. The third-order valence-corrected chi connectivity index (χ3v) is 2.60. The monoisotopic (exact) mass is 222 g/mol. The fourth-order valence-electron chi connectivity index (χ4n) is 1.24. The van der Waals surface area contributed by atoms with Gasteiger partial charge in [-0.3, -0.25) is 9.48 Å². The minimum Gasteiger partial charge on any atom is -0.287 e. The van der Waals surface area contributed by atoms with Gasteiger partial charge in [-0.05, 0) is 18.0 Å². The molecule has 0 unspecified atom stereocenters. The van der Waals surface area contributed by atoms with Gasteiger partial charge in [0.2, 0.25) is 5.78 Å². The van der Waals surface area contributed by atoms with Crippen LogP contribution >= 0.6 is 11.5 Å². The Morgan fingerprint density at radius 3 is 3.07 bits per heavy atom. The normalized spacial score (nSPS) is 10.5. The van der Waals surface area contributed by atoms with Crippen LogP contribution in [0.4, 0.5) is 0 Å². The van der Waals surface area contributed by atoms with Crippen molar-refractivity contribution in [1.82, 2.24) is 19.4 Å². The fourth-order valence-corrected chi connectivity index (χ4v) is 1.72. The molecule has 0 atom stereocenters. The Morgan fingerprint density at radius 1 is 1.53 bits per heavy atom. The third kappa shape index (κ3) is 2.10. The minimum absolute atomic E-state index is 0.0626. The topological polar surface area (TPSA) is 60.7 Å². The molecule has 0 aromatic carbocycles. The highest BCUT2D eigenvalue weighted by atomic mass is 32.1. The van der Waals surface area contributed by atoms with Gasteiger partial charge in [0.15, 0.2) is 0 Å². The summed E-state index contributed by atoms with van der Waals surface area (Å²) in [6.45, 7) is 2.89. The summed E-state index contributed by atoms with van der Waals surface area (Å²) in [6, 6.07) is 0. The molecule has 0 spiro atoms. The molecule has 0 aliphatic carbocycles. The Bertz CT molecular complexity index is 448. The van der Waals surface area contributed by atoms with Crippen LogP contribution in [-0.4, -0.2) is 25.2 Å². The van der Waals surface area contributed by atoms with Gasteiger partial charge in [-0.15, -0.1) is 5.10 Å². The molecule has 2 heterocycles. The van der Waals surface area contributed by atoms with Gasteiger partial charge in [0.25, 0.3) is 0 Å². The average Bonchev–Trinajstić information content (AvgIpc) is 2.87. The summed E-state index contributed by atoms with van der Waals surface area (Å²) in [7, 11) is 0. The predicted octanol–water partition coefficient (Wildman–Crippen LogP) is 1.38. The van der Waals surface area contributed by atoms with Crippen molar-refractivity contribution in [1.29, 1.82) is 0 Å². The smallest absolute Gasteiger partial charge is 0.209 e. The number of carbonyl (C=O) groups excluding carboxylic acids is 1. The Balaban J connectivity index is 2.19. The summed E-state index contributed by atoms with van der Waals surface area (Å²) in [5.41, 5.74) is 0.592. The van der Waals surface area contributed by atoms with E-state index in [0.717, 1.165) is 24.5 Å². The van der Waals surface area contributed by atoms with Gasteiger partial charge in [-0.25, -0.2) is 0 Å². The number of aryl methyl sites for hydroxylation is 1. The molecule has 6 heteroatoms. The fraction of sp³-hybridized carbons (Fsp3) is 0.333. The summed E-state index contributed by atoms with van der Waals surface area (Å²) < 4.78 is 5.42. The van der Waals surface area contributed by atoms with Gasteiger partial charge in [-0.1, -0.05) is 11.4 Å². The first-order chi connectivity index (χ1) is 7.31. The van der Waals surface area contributed by atoms with Crippen LogP contribution in [0.3, 0.4) is 0 Å². The molecule has 0 saturated heterocycles. The van der Waals surface area contributed by atoms with E-state index in [0.29, 0.717) is 10.4 Å². The molecule has 2 aromatic heterocycles. The zero-order valence-corrected chi connectivity index (χ0v) is 9.07. The van der Waals surface area contributed by atoms with Gasteiger partial charge in [-0.2, -0.15) is 5.10 Å². The van der Waals surface area contributed by atoms with Gasteiger partial charge in [0, 0.05) is 12.7 Å². The molecule has 0 fully saturated rings. The van der Waals surface area contributed by atoms with Gasteiger partial charge >= 0.3 is 0 Å². The van der Waals surface area contributed by atoms with Gasteiger partial charge in [0.1, 0.15) is 4.88 Å². The van der Waals surface area contributed by atoms with Crippen molar-refractivity contribution in [3.63, 3.8) is 0 Å². The maximum Gasteiger partial charge on any atom is 0.209 e. The molecule has 0 aliphatic heterocycles. The molecular weight excluding hydrogens is 212 g/mol. The molecule has 0 bridgehead atoms. The van der Waals surface area contributed by atoms with Crippen molar-refractivity contribution in [2.75, 3.05) is 0 Å². The summed E-state index contributed by atoms with van der Waals surface area (Å²) in [4.78, 5) is 12.3. The van der Waals surface area contributed by atoms with Crippen LogP contribution < -0.4 is 0 Å². The highest BCUT2D eigenvalue weighted by molar-refractivity contribution is 7.08. The second-order valence-corrected chi connectivity index (χ2v) is 3.89. The van der Waals surface area contributed by atoms with Crippen LogP contribution in [0.5, 0.6) is 0 Å². The van der Waals surface area contributed by atoms with Gasteiger partial charge in [0.05, 0.1) is 18.0 Å². The maximum absolute atomic E-state index is 11.8. The molecule has 0 aliphatic rings. The molecular formula is C9H10N4OS. The number of rotatable bonds is 4. The first kappa shape index (κ1) is 9.97. The van der Waals surface area contributed by atoms with Crippen LogP contribution in [0.2, 0.25) is 0 Å². The molecule has 5 nitrogen and oxygen atoms in total. The molecule has 78 valence electrons. The highest BCUT2D eigenvalue weighted by Crippen LogP contribution is 2.10. The number of hydrogen-bond acceptors (Lipinski definition) is 5. The Kier molecular flexibility index (Phi) is 2.86. The number of hydrogen-bond donors (Lipinski definition) is 0. The number of ketones is 1.